The number of oxime groups is 1. The fraction of sp³-hybridized carbons (Fsp3) is 0.571. The van der Waals surface area contributed by atoms with Crippen LogP contribution in [0.4, 0.5) is 0 Å². The zero-order valence-corrected chi connectivity index (χ0v) is 11.3. The Balaban J connectivity index is 2.01. The van der Waals surface area contributed by atoms with Crippen molar-refractivity contribution in [3.8, 4) is 0 Å². The molecular formula is C14H22N4O. The van der Waals surface area contributed by atoms with E-state index in [0.29, 0.717) is 5.69 Å². The molecule has 2 heterocycles. The zero-order valence-electron chi connectivity index (χ0n) is 11.3. The van der Waals surface area contributed by atoms with Gasteiger partial charge < -0.3 is 10.9 Å². The minimum atomic E-state index is 0.0644. The maximum atomic E-state index is 8.68. The molecule has 3 N–H and O–H groups in total. The van der Waals surface area contributed by atoms with Gasteiger partial charge in [0.25, 0.3) is 0 Å². The average molecular weight is 262 g/mol. The van der Waals surface area contributed by atoms with Crippen LogP contribution in [0.3, 0.4) is 0 Å². The minimum Gasteiger partial charge on any atom is -0.409 e. The van der Waals surface area contributed by atoms with Crippen molar-refractivity contribution in [2.75, 3.05) is 13.1 Å². The number of hydrogen-bond donors (Lipinski definition) is 2. The van der Waals surface area contributed by atoms with Gasteiger partial charge in [0.15, 0.2) is 5.84 Å². The summed E-state index contributed by atoms with van der Waals surface area (Å²) < 4.78 is 0. The maximum Gasteiger partial charge on any atom is 0.188 e. The lowest BCUT2D eigenvalue weighted by Crippen LogP contribution is -2.27. The first-order chi connectivity index (χ1) is 9.29. The van der Waals surface area contributed by atoms with Gasteiger partial charge in [0, 0.05) is 12.7 Å². The van der Waals surface area contributed by atoms with E-state index in [1.54, 1.807) is 6.20 Å². The van der Waals surface area contributed by atoms with Crippen LogP contribution >= 0.6 is 0 Å². The van der Waals surface area contributed by atoms with Crippen LogP contribution in [-0.4, -0.2) is 34.0 Å². The number of nitrogens with two attached hydrogens (primary N) is 1. The van der Waals surface area contributed by atoms with Crippen LogP contribution in [0.25, 0.3) is 0 Å². The Hall–Kier alpha value is -1.62. The molecule has 0 aliphatic carbocycles. The highest BCUT2D eigenvalue weighted by Gasteiger charge is 2.10. The molecule has 0 aromatic carbocycles. The van der Waals surface area contributed by atoms with E-state index in [1.807, 2.05) is 12.1 Å². The highest BCUT2D eigenvalue weighted by Crippen LogP contribution is 2.13. The fourth-order valence-corrected chi connectivity index (χ4v) is 2.49. The second-order valence-corrected chi connectivity index (χ2v) is 5.08. The van der Waals surface area contributed by atoms with Crippen molar-refractivity contribution in [3.05, 3.63) is 29.6 Å². The summed E-state index contributed by atoms with van der Waals surface area (Å²) in [5.41, 5.74) is 7.26. The average Bonchev–Trinajstić information content (AvgIpc) is 2.41. The Labute approximate surface area is 114 Å². The molecule has 1 aliphatic heterocycles. The predicted octanol–water partition coefficient (Wildman–Crippen LogP) is 1.94. The first-order valence-corrected chi connectivity index (χ1v) is 6.95. The second kappa shape index (κ2) is 7.09. The van der Waals surface area contributed by atoms with Gasteiger partial charge in [-0.25, -0.2) is 0 Å². The molecule has 1 aromatic rings. The van der Waals surface area contributed by atoms with E-state index in [-0.39, 0.29) is 5.84 Å². The molecule has 1 aromatic heterocycles. The standard InChI is InChI=1S/C14H22N4O/c15-14(17-19)13-10-12(6-7-16-13)11-18-8-4-2-1-3-5-9-18/h6-7,10,19H,1-5,8-9,11H2,(H2,15,17). The summed E-state index contributed by atoms with van der Waals surface area (Å²) in [7, 11) is 0. The van der Waals surface area contributed by atoms with Gasteiger partial charge in [0.2, 0.25) is 0 Å². The molecule has 0 spiro atoms. The van der Waals surface area contributed by atoms with Gasteiger partial charge >= 0.3 is 0 Å². The smallest absolute Gasteiger partial charge is 0.188 e. The highest BCUT2D eigenvalue weighted by molar-refractivity contribution is 5.95. The van der Waals surface area contributed by atoms with E-state index >= 15 is 0 Å². The van der Waals surface area contributed by atoms with Crippen LogP contribution in [0.15, 0.2) is 23.5 Å². The Kier molecular flexibility index (Phi) is 5.15. The first kappa shape index (κ1) is 13.8. The molecule has 19 heavy (non-hydrogen) atoms. The third-order valence-corrected chi connectivity index (χ3v) is 3.55. The summed E-state index contributed by atoms with van der Waals surface area (Å²) in [4.78, 5) is 6.58. The van der Waals surface area contributed by atoms with E-state index in [0.717, 1.165) is 25.2 Å². The Morgan fingerprint density at radius 2 is 1.95 bits per heavy atom. The highest BCUT2D eigenvalue weighted by atomic mass is 16.4. The van der Waals surface area contributed by atoms with Crippen molar-refractivity contribution in [1.29, 1.82) is 0 Å². The molecule has 104 valence electrons. The molecule has 0 saturated carbocycles. The molecule has 0 atom stereocenters. The predicted molar refractivity (Wildman–Crippen MR) is 75.1 cm³/mol. The first-order valence-electron chi connectivity index (χ1n) is 6.95. The van der Waals surface area contributed by atoms with Crippen LogP contribution in [0.2, 0.25) is 0 Å². The van der Waals surface area contributed by atoms with E-state index in [4.69, 9.17) is 10.9 Å². The summed E-state index contributed by atoms with van der Waals surface area (Å²) in [5.74, 6) is 0.0644. The molecule has 0 unspecified atom stereocenters. The van der Waals surface area contributed by atoms with Gasteiger partial charge in [0.05, 0.1) is 0 Å². The normalized spacial score (nSPS) is 18.8. The maximum absolute atomic E-state index is 8.68. The quantitative estimate of drug-likeness (QED) is 0.378. The Morgan fingerprint density at radius 3 is 2.63 bits per heavy atom. The van der Waals surface area contributed by atoms with Gasteiger partial charge in [-0.15, -0.1) is 0 Å². The van der Waals surface area contributed by atoms with E-state index in [2.05, 4.69) is 15.0 Å². The molecular weight excluding hydrogens is 240 g/mol. The van der Waals surface area contributed by atoms with E-state index in [1.165, 1.54) is 32.1 Å². The number of likely N-dealkylation sites (tertiary alicyclic amines) is 1. The number of rotatable bonds is 3. The van der Waals surface area contributed by atoms with Gasteiger partial charge in [0.1, 0.15) is 5.69 Å². The van der Waals surface area contributed by atoms with Gasteiger partial charge in [-0.3, -0.25) is 9.88 Å². The van der Waals surface area contributed by atoms with Crippen molar-refractivity contribution in [2.24, 2.45) is 10.9 Å². The molecule has 1 saturated heterocycles. The van der Waals surface area contributed by atoms with Crippen molar-refractivity contribution in [3.63, 3.8) is 0 Å². The Bertz CT molecular complexity index is 425. The summed E-state index contributed by atoms with van der Waals surface area (Å²) in [6, 6.07) is 3.89. The summed E-state index contributed by atoms with van der Waals surface area (Å²) in [6.07, 6.45) is 8.31. The second-order valence-electron chi connectivity index (χ2n) is 5.08. The lowest BCUT2D eigenvalue weighted by atomic mass is 10.1. The molecule has 0 bridgehead atoms. The lowest BCUT2D eigenvalue weighted by Gasteiger charge is -2.24. The zero-order chi connectivity index (χ0) is 13.5. The number of hydrogen-bond acceptors (Lipinski definition) is 4. The van der Waals surface area contributed by atoms with Crippen molar-refractivity contribution < 1.29 is 5.21 Å². The summed E-state index contributed by atoms with van der Waals surface area (Å²) in [6.45, 7) is 3.22. The lowest BCUT2D eigenvalue weighted by molar-refractivity contribution is 0.240. The fourth-order valence-electron chi connectivity index (χ4n) is 2.49. The SMILES string of the molecule is NC(=NO)c1cc(CN2CCCCCCC2)ccn1. The van der Waals surface area contributed by atoms with Gasteiger partial charge in [-0.05, 0) is 43.6 Å². The molecule has 2 rings (SSSR count). The Morgan fingerprint density at radius 1 is 1.26 bits per heavy atom. The third-order valence-electron chi connectivity index (χ3n) is 3.55. The summed E-state index contributed by atoms with van der Waals surface area (Å²) >= 11 is 0. The molecule has 1 aliphatic rings. The molecule has 0 radical (unpaired) electrons. The summed E-state index contributed by atoms with van der Waals surface area (Å²) in [5, 5.41) is 11.7. The topological polar surface area (TPSA) is 74.7 Å². The molecule has 5 nitrogen and oxygen atoms in total. The van der Waals surface area contributed by atoms with Crippen LogP contribution < -0.4 is 5.73 Å². The van der Waals surface area contributed by atoms with Gasteiger partial charge in [-0.1, -0.05) is 24.4 Å². The van der Waals surface area contributed by atoms with E-state index < -0.39 is 0 Å². The van der Waals surface area contributed by atoms with Crippen LogP contribution in [-0.2, 0) is 6.54 Å². The number of pyridine rings is 1. The molecule has 1 fully saturated rings. The molecule has 5 heteroatoms. The van der Waals surface area contributed by atoms with Crippen molar-refractivity contribution >= 4 is 5.84 Å². The van der Waals surface area contributed by atoms with E-state index in [9.17, 15) is 0 Å². The van der Waals surface area contributed by atoms with Crippen LogP contribution in [0.5, 0.6) is 0 Å². The number of aromatic nitrogens is 1. The molecule has 0 amide bonds. The van der Waals surface area contributed by atoms with Crippen LogP contribution in [0, 0.1) is 0 Å². The number of nitrogens with zero attached hydrogens (tertiary/aromatic N) is 3. The monoisotopic (exact) mass is 262 g/mol. The largest absolute Gasteiger partial charge is 0.409 e. The third kappa shape index (κ3) is 4.21. The van der Waals surface area contributed by atoms with Gasteiger partial charge in [-0.2, -0.15) is 0 Å². The number of amidine groups is 1. The minimum absolute atomic E-state index is 0.0644. The van der Waals surface area contributed by atoms with Crippen LogP contribution in [0.1, 0.15) is 43.4 Å². The van der Waals surface area contributed by atoms with Crippen molar-refractivity contribution in [1.82, 2.24) is 9.88 Å². The van der Waals surface area contributed by atoms with Crippen molar-refractivity contribution in [2.45, 2.75) is 38.6 Å².